The van der Waals surface area contributed by atoms with Crippen LogP contribution in [0.4, 0.5) is 0 Å². The minimum Gasteiger partial charge on any atom is -0.497 e. The van der Waals surface area contributed by atoms with E-state index < -0.39 is 29.9 Å². The quantitative estimate of drug-likeness (QED) is 0.466. The number of aliphatic carboxylic acids is 2. The van der Waals surface area contributed by atoms with Gasteiger partial charge in [-0.25, -0.2) is 4.79 Å². The Hall–Kier alpha value is -2.61. The van der Waals surface area contributed by atoms with E-state index in [1.54, 1.807) is 18.2 Å². The lowest BCUT2D eigenvalue weighted by Gasteiger charge is -2.19. The highest BCUT2D eigenvalue weighted by Crippen LogP contribution is 2.12. The number of nitrogens with one attached hydrogen (secondary N) is 2. The number of methoxy groups -OCH3 is 1. The van der Waals surface area contributed by atoms with Gasteiger partial charge in [0.05, 0.1) is 7.11 Å². The van der Waals surface area contributed by atoms with E-state index in [0.717, 1.165) is 0 Å². The summed E-state index contributed by atoms with van der Waals surface area (Å²) in [5.41, 5.74) is 0.284. The summed E-state index contributed by atoms with van der Waals surface area (Å²) in [5, 5.41) is 23.8. The molecule has 8 nitrogen and oxygen atoms in total. The topological polar surface area (TPSA) is 125 Å². The van der Waals surface area contributed by atoms with Gasteiger partial charge in [-0.3, -0.25) is 9.59 Å². The Morgan fingerprint density at radius 2 is 1.77 bits per heavy atom. The van der Waals surface area contributed by atoms with Crippen molar-refractivity contribution in [1.29, 1.82) is 0 Å². The molecule has 1 aromatic rings. The molecule has 0 bridgehead atoms. The van der Waals surface area contributed by atoms with Crippen molar-refractivity contribution in [3.05, 3.63) is 29.8 Å². The first-order chi connectivity index (χ1) is 12.2. The van der Waals surface area contributed by atoms with Crippen LogP contribution >= 0.6 is 0 Å². The van der Waals surface area contributed by atoms with Gasteiger partial charge in [0.15, 0.2) is 0 Å². The highest BCUT2D eigenvalue weighted by Gasteiger charge is 2.23. The predicted molar refractivity (Wildman–Crippen MR) is 95.4 cm³/mol. The number of hydrogen-bond donors (Lipinski definition) is 4. The molecule has 0 radical (unpaired) electrons. The van der Waals surface area contributed by atoms with Crippen molar-refractivity contribution in [2.45, 2.75) is 38.8 Å². The number of carboxylic acids is 2. The van der Waals surface area contributed by atoms with E-state index in [2.05, 4.69) is 10.6 Å². The van der Waals surface area contributed by atoms with Crippen LogP contribution in [0.25, 0.3) is 0 Å². The van der Waals surface area contributed by atoms with Crippen molar-refractivity contribution < 1.29 is 29.3 Å². The number of carboxylic acid groups (broad SMARTS) is 2. The minimum atomic E-state index is -1.18. The molecule has 4 N–H and O–H groups in total. The summed E-state index contributed by atoms with van der Waals surface area (Å²) < 4.78 is 5.04. The lowest BCUT2D eigenvalue weighted by Crippen LogP contribution is -2.45. The molecule has 0 saturated carbocycles. The second kappa shape index (κ2) is 10.4. The molecule has 0 aliphatic heterocycles. The van der Waals surface area contributed by atoms with Gasteiger partial charge in [-0.1, -0.05) is 19.9 Å². The number of benzene rings is 1. The van der Waals surface area contributed by atoms with Crippen molar-refractivity contribution >= 4 is 17.8 Å². The van der Waals surface area contributed by atoms with Crippen LogP contribution in [0.3, 0.4) is 0 Å². The van der Waals surface area contributed by atoms with Crippen LogP contribution in [-0.2, 0) is 9.59 Å². The average molecular weight is 366 g/mol. The molecule has 2 atom stereocenters. The van der Waals surface area contributed by atoms with Crippen molar-refractivity contribution in [3.63, 3.8) is 0 Å². The van der Waals surface area contributed by atoms with Gasteiger partial charge < -0.3 is 25.6 Å². The Morgan fingerprint density at radius 3 is 2.31 bits per heavy atom. The molecule has 144 valence electrons. The van der Waals surface area contributed by atoms with E-state index in [4.69, 9.17) is 4.74 Å². The number of amides is 1. The van der Waals surface area contributed by atoms with Gasteiger partial charge in [-0.2, -0.15) is 0 Å². The normalized spacial score (nSPS) is 13.1. The van der Waals surface area contributed by atoms with Crippen LogP contribution in [0, 0.1) is 5.92 Å². The standard InChI is InChI=1S/C18H26N2O6/c1-11(2)9-15(18(24)25)19-8-7-14(17(22)23)20-16(21)12-5-4-6-13(10-12)26-3/h4-6,10-11,14-15,19H,7-9H2,1-3H3,(H,20,21)(H,22,23)(H,24,25). The first kappa shape index (κ1) is 21.4. The first-order valence-electron chi connectivity index (χ1n) is 8.38. The zero-order chi connectivity index (χ0) is 19.7. The van der Waals surface area contributed by atoms with Gasteiger partial charge in [0.2, 0.25) is 0 Å². The predicted octanol–water partition coefficient (Wildman–Crippen LogP) is 1.36. The summed E-state index contributed by atoms with van der Waals surface area (Å²) in [6, 6.07) is 4.49. The van der Waals surface area contributed by atoms with Gasteiger partial charge in [0.1, 0.15) is 17.8 Å². The molecule has 0 spiro atoms. The molecule has 0 fully saturated rings. The van der Waals surface area contributed by atoms with Gasteiger partial charge in [-0.15, -0.1) is 0 Å². The van der Waals surface area contributed by atoms with E-state index in [-0.39, 0.29) is 24.4 Å². The molecular formula is C18H26N2O6. The summed E-state index contributed by atoms with van der Waals surface area (Å²) in [6.07, 6.45) is 0.496. The monoisotopic (exact) mass is 366 g/mol. The minimum absolute atomic E-state index is 0.0624. The average Bonchev–Trinajstić information content (AvgIpc) is 2.59. The van der Waals surface area contributed by atoms with Gasteiger partial charge in [0.25, 0.3) is 5.91 Å². The fourth-order valence-electron chi connectivity index (χ4n) is 2.41. The number of hydrogen-bond acceptors (Lipinski definition) is 5. The Morgan fingerprint density at radius 1 is 1.12 bits per heavy atom. The van der Waals surface area contributed by atoms with E-state index in [0.29, 0.717) is 12.2 Å². The molecule has 0 aliphatic rings. The number of carbonyl (C=O) groups excluding carboxylic acids is 1. The van der Waals surface area contributed by atoms with Crippen molar-refractivity contribution in [1.82, 2.24) is 10.6 Å². The fourth-order valence-corrected chi connectivity index (χ4v) is 2.41. The molecule has 0 heterocycles. The molecule has 0 saturated heterocycles. The second-order valence-electron chi connectivity index (χ2n) is 6.36. The molecule has 1 amide bonds. The number of carbonyl (C=O) groups is 3. The molecule has 8 heteroatoms. The van der Waals surface area contributed by atoms with Crippen molar-refractivity contribution in [2.75, 3.05) is 13.7 Å². The Labute approximate surface area is 152 Å². The third kappa shape index (κ3) is 7.10. The Bertz CT molecular complexity index is 632. The largest absolute Gasteiger partial charge is 0.497 e. The van der Waals surface area contributed by atoms with E-state index in [9.17, 15) is 24.6 Å². The molecule has 2 unspecified atom stereocenters. The number of rotatable bonds is 11. The van der Waals surface area contributed by atoms with Crippen molar-refractivity contribution in [3.8, 4) is 5.75 Å². The smallest absolute Gasteiger partial charge is 0.326 e. The summed E-state index contributed by atoms with van der Waals surface area (Å²) in [5.74, 6) is -2.02. The van der Waals surface area contributed by atoms with Crippen LogP contribution in [-0.4, -0.2) is 53.8 Å². The molecule has 0 aliphatic carbocycles. The lowest BCUT2D eigenvalue weighted by molar-refractivity contribution is -0.140. The van der Waals surface area contributed by atoms with Gasteiger partial charge >= 0.3 is 11.9 Å². The summed E-state index contributed by atoms with van der Waals surface area (Å²) in [6.45, 7) is 3.97. The fraction of sp³-hybridized carbons (Fsp3) is 0.500. The molecular weight excluding hydrogens is 340 g/mol. The van der Waals surface area contributed by atoms with E-state index in [1.807, 2.05) is 13.8 Å². The van der Waals surface area contributed by atoms with Crippen LogP contribution in [0.5, 0.6) is 5.75 Å². The zero-order valence-corrected chi connectivity index (χ0v) is 15.2. The van der Waals surface area contributed by atoms with Crippen LogP contribution in [0.2, 0.25) is 0 Å². The zero-order valence-electron chi connectivity index (χ0n) is 15.2. The maximum Gasteiger partial charge on any atom is 0.326 e. The van der Waals surface area contributed by atoms with Gasteiger partial charge in [0, 0.05) is 5.56 Å². The maximum absolute atomic E-state index is 12.2. The Kier molecular flexibility index (Phi) is 8.57. The third-order valence-corrected chi connectivity index (χ3v) is 3.76. The molecule has 0 aromatic heterocycles. The highest BCUT2D eigenvalue weighted by atomic mass is 16.5. The maximum atomic E-state index is 12.2. The van der Waals surface area contributed by atoms with Crippen LogP contribution in [0.1, 0.15) is 37.0 Å². The number of ether oxygens (including phenoxy) is 1. The summed E-state index contributed by atoms with van der Waals surface area (Å²) in [7, 11) is 1.47. The molecule has 26 heavy (non-hydrogen) atoms. The van der Waals surface area contributed by atoms with Gasteiger partial charge in [-0.05, 0) is 43.5 Å². The third-order valence-electron chi connectivity index (χ3n) is 3.76. The van der Waals surface area contributed by atoms with Crippen molar-refractivity contribution in [2.24, 2.45) is 5.92 Å². The molecule has 1 rings (SSSR count). The lowest BCUT2D eigenvalue weighted by atomic mass is 10.0. The van der Waals surface area contributed by atoms with Crippen LogP contribution in [0.15, 0.2) is 24.3 Å². The summed E-state index contributed by atoms with van der Waals surface area (Å²) >= 11 is 0. The first-order valence-corrected chi connectivity index (χ1v) is 8.38. The SMILES string of the molecule is COc1cccc(C(=O)NC(CCNC(CC(C)C)C(=O)O)C(=O)O)c1. The van der Waals surface area contributed by atoms with E-state index >= 15 is 0 Å². The van der Waals surface area contributed by atoms with Crippen LogP contribution < -0.4 is 15.4 Å². The van der Waals surface area contributed by atoms with E-state index in [1.165, 1.54) is 13.2 Å². The molecule has 1 aromatic carbocycles. The highest BCUT2D eigenvalue weighted by molar-refractivity contribution is 5.96. The second-order valence-corrected chi connectivity index (χ2v) is 6.36. The Balaban J connectivity index is 2.64. The summed E-state index contributed by atoms with van der Waals surface area (Å²) in [4.78, 5) is 34.8.